The summed E-state index contributed by atoms with van der Waals surface area (Å²) in [6, 6.07) is 17.7. The van der Waals surface area contributed by atoms with Crippen molar-refractivity contribution in [1.82, 2.24) is 9.88 Å². The Morgan fingerprint density at radius 1 is 1.17 bits per heavy atom. The zero-order chi connectivity index (χ0) is 20.2. The molecule has 2 aromatic carbocycles. The molecule has 0 saturated carbocycles. The number of ether oxygens (including phenoxy) is 1. The first-order valence-corrected chi connectivity index (χ1v) is 9.92. The minimum absolute atomic E-state index is 0.0304. The van der Waals surface area contributed by atoms with Gasteiger partial charge in [0.25, 0.3) is 0 Å². The number of hydrogen-bond donors (Lipinski definition) is 1. The van der Waals surface area contributed by atoms with Crippen LogP contribution in [-0.4, -0.2) is 36.6 Å². The number of anilines is 1. The highest BCUT2D eigenvalue weighted by Crippen LogP contribution is 2.28. The van der Waals surface area contributed by atoms with E-state index in [0.717, 1.165) is 18.7 Å². The molecule has 4 rings (SSSR count). The highest BCUT2D eigenvalue weighted by atomic mass is 16.5. The molecule has 1 aliphatic heterocycles. The van der Waals surface area contributed by atoms with E-state index in [1.807, 2.05) is 36.4 Å². The number of rotatable bonds is 7. The SMILES string of the molecule is COc1cccc(N2CC(C(=O)NCCCn3ccc4ccccc43)CC2=O)c1. The molecule has 2 heterocycles. The number of nitrogens with zero attached hydrogens (tertiary/aromatic N) is 2. The lowest BCUT2D eigenvalue weighted by Crippen LogP contribution is -2.33. The second kappa shape index (κ2) is 8.39. The van der Waals surface area contributed by atoms with Gasteiger partial charge in [0.1, 0.15) is 5.75 Å². The molecule has 1 fully saturated rings. The van der Waals surface area contributed by atoms with Gasteiger partial charge in [-0.25, -0.2) is 0 Å². The lowest BCUT2D eigenvalue weighted by molar-refractivity contribution is -0.126. The second-order valence-corrected chi connectivity index (χ2v) is 7.32. The van der Waals surface area contributed by atoms with Gasteiger partial charge < -0.3 is 19.5 Å². The van der Waals surface area contributed by atoms with E-state index < -0.39 is 0 Å². The minimum Gasteiger partial charge on any atom is -0.497 e. The number of methoxy groups -OCH3 is 1. The molecular weight excluding hydrogens is 366 g/mol. The van der Waals surface area contributed by atoms with Crippen LogP contribution in [-0.2, 0) is 16.1 Å². The first-order chi connectivity index (χ1) is 14.2. The molecule has 0 spiro atoms. The van der Waals surface area contributed by atoms with Gasteiger partial charge in [0.2, 0.25) is 11.8 Å². The lowest BCUT2D eigenvalue weighted by atomic mass is 10.1. The maximum Gasteiger partial charge on any atom is 0.227 e. The Morgan fingerprint density at radius 3 is 2.90 bits per heavy atom. The molecule has 0 radical (unpaired) electrons. The predicted octanol–water partition coefficient (Wildman–Crippen LogP) is 3.21. The third-order valence-electron chi connectivity index (χ3n) is 5.42. The summed E-state index contributed by atoms with van der Waals surface area (Å²) >= 11 is 0. The molecule has 1 saturated heterocycles. The first-order valence-electron chi connectivity index (χ1n) is 9.92. The van der Waals surface area contributed by atoms with Crippen molar-refractivity contribution in [3.63, 3.8) is 0 Å². The molecule has 29 heavy (non-hydrogen) atoms. The molecule has 1 aromatic heterocycles. The standard InChI is InChI=1S/C23H25N3O3/c1-29-20-8-4-7-19(15-20)26-16-18(14-22(26)27)23(28)24-11-5-12-25-13-10-17-6-2-3-9-21(17)25/h2-4,6-10,13,15,18H,5,11-12,14,16H2,1H3,(H,24,28). The maximum atomic E-state index is 12.5. The molecule has 1 atom stereocenters. The van der Waals surface area contributed by atoms with Crippen molar-refractivity contribution in [2.24, 2.45) is 5.92 Å². The topological polar surface area (TPSA) is 63.6 Å². The average Bonchev–Trinajstić information content (AvgIpc) is 3.35. The zero-order valence-electron chi connectivity index (χ0n) is 16.5. The van der Waals surface area contributed by atoms with Gasteiger partial charge in [0, 0.05) is 49.5 Å². The van der Waals surface area contributed by atoms with Crippen LogP contribution in [0, 0.1) is 5.92 Å². The van der Waals surface area contributed by atoms with Gasteiger partial charge in [0.15, 0.2) is 0 Å². The Balaban J connectivity index is 1.28. The van der Waals surface area contributed by atoms with Crippen LogP contribution < -0.4 is 15.0 Å². The fourth-order valence-corrected chi connectivity index (χ4v) is 3.85. The number of benzene rings is 2. The smallest absolute Gasteiger partial charge is 0.227 e. The summed E-state index contributed by atoms with van der Waals surface area (Å²) in [6.07, 6.45) is 3.16. The summed E-state index contributed by atoms with van der Waals surface area (Å²) in [5.41, 5.74) is 1.97. The number of aromatic nitrogens is 1. The third kappa shape index (κ3) is 4.11. The maximum absolute atomic E-state index is 12.5. The third-order valence-corrected chi connectivity index (χ3v) is 5.42. The fraction of sp³-hybridized carbons (Fsp3) is 0.304. The number of aryl methyl sites for hydroxylation is 1. The van der Waals surface area contributed by atoms with Crippen LogP contribution in [0.1, 0.15) is 12.8 Å². The number of carbonyl (C=O) groups excluding carboxylic acids is 2. The van der Waals surface area contributed by atoms with Crippen LogP contribution >= 0.6 is 0 Å². The van der Waals surface area contributed by atoms with Gasteiger partial charge in [-0.3, -0.25) is 9.59 Å². The van der Waals surface area contributed by atoms with Gasteiger partial charge in [0.05, 0.1) is 13.0 Å². The van der Waals surface area contributed by atoms with E-state index in [1.165, 1.54) is 10.9 Å². The first kappa shape index (κ1) is 19.1. The van der Waals surface area contributed by atoms with E-state index in [4.69, 9.17) is 4.74 Å². The van der Waals surface area contributed by atoms with Crippen molar-refractivity contribution in [2.75, 3.05) is 25.1 Å². The highest BCUT2D eigenvalue weighted by molar-refractivity contribution is 6.00. The number of carbonyl (C=O) groups is 2. The van der Waals surface area contributed by atoms with Crippen LogP contribution in [0.3, 0.4) is 0 Å². The van der Waals surface area contributed by atoms with Crippen molar-refractivity contribution >= 4 is 28.4 Å². The second-order valence-electron chi connectivity index (χ2n) is 7.32. The predicted molar refractivity (Wildman–Crippen MR) is 113 cm³/mol. The Bertz CT molecular complexity index is 1030. The van der Waals surface area contributed by atoms with Crippen molar-refractivity contribution in [1.29, 1.82) is 0 Å². The fourth-order valence-electron chi connectivity index (χ4n) is 3.85. The number of fused-ring (bicyclic) bond motifs is 1. The summed E-state index contributed by atoms with van der Waals surface area (Å²) in [4.78, 5) is 26.6. The Morgan fingerprint density at radius 2 is 2.03 bits per heavy atom. The number of para-hydroxylation sites is 1. The van der Waals surface area contributed by atoms with E-state index in [0.29, 0.717) is 18.8 Å². The largest absolute Gasteiger partial charge is 0.497 e. The van der Waals surface area contributed by atoms with Crippen molar-refractivity contribution in [3.8, 4) is 5.75 Å². The van der Waals surface area contributed by atoms with Crippen LogP contribution in [0.4, 0.5) is 5.69 Å². The van der Waals surface area contributed by atoms with E-state index in [-0.39, 0.29) is 24.2 Å². The molecule has 150 valence electrons. The quantitative estimate of drug-likeness (QED) is 0.629. The van der Waals surface area contributed by atoms with E-state index in [1.54, 1.807) is 12.0 Å². The normalized spacial score (nSPS) is 16.4. The van der Waals surface area contributed by atoms with Crippen molar-refractivity contribution in [2.45, 2.75) is 19.4 Å². The van der Waals surface area contributed by atoms with Crippen molar-refractivity contribution in [3.05, 3.63) is 60.8 Å². The summed E-state index contributed by atoms with van der Waals surface area (Å²) in [5, 5.41) is 4.22. The monoisotopic (exact) mass is 391 g/mol. The van der Waals surface area contributed by atoms with Gasteiger partial charge in [-0.05, 0) is 36.1 Å². The summed E-state index contributed by atoms with van der Waals surface area (Å²) in [5.74, 6) is 0.292. The molecule has 0 aliphatic carbocycles. The zero-order valence-corrected chi connectivity index (χ0v) is 16.5. The average molecular weight is 391 g/mol. The molecule has 1 unspecified atom stereocenters. The number of amides is 2. The van der Waals surface area contributed by atoms with Crippen LogP contribution in [0.15, 0.2) is 60.8 Å². The van der Waals surface area contributed by atoms with Gasteiger partial charge in [-0.2, -0.15) is 0 Å². The number of nitrogens with one attached hydrogen (secondary N) is 1. The van der Waals surface area contributed by atoms with Crippen LogP contribution in [0.5, 0.6) is 5.75 Å². The molecule has 2 amide bonds. The van der Waals surface area contributed by atoms with E-state index in [9.17, 15) is 9.59 Å². The highest BCUT2D eigenvalue weighted by Gasteiger charge is 2.35. The summed E-state index contributed by atoms with van der Waals surface area (Å²) in [6.45, 7) is 1.84. The Hall–Kier alpha value is -3.28. The van der Waals surface area contributed by atoms with E-state index in [2.05, 4.69) is 34.3 Å². The Kier molecular flexibility index (Phi) is 5.51. The van der Waals surface area contributed by atoms with E-state index >= 15 is 0 Å². The lowest BCUT2D eigenvalue weighted by Gasteiger charge is -2.17. The molecular formula is C23H25N3O3. The summed E-state index contributed by atoms with van der Waals surface area (Å²) < 4.78 is 7.43. The molecule has 0 bridgehead atoms. The summed E-state index contributed by atoms with van der Waals surface area (Å²) in [7, 11) is 1.59. The molecule has 3 aromatic rings. The molecule has 1 aliphatic rings. The van der Waals surface area contributed by atoms with Gasteiger partial charge in [-0.15, -0.1) is 0 Å². The van der Waals surface area contributed by atoms with Gasteiger partial charge >= 0.3 is 0 Å². The number of hydrogen-bond acceptors (Lipinski definition) is 3. The Labute approximate surface area is 170 Å². The minimum atomic E-state index is -0.318. The van der Waals surface area contributed by atoms with Gasteiger partial charge in [-0.1, -0.05) is 24.3 Å². The van der Waals surface area contributed by atoms with Crippen molar-refractivity contribution < 1.29 is 14.3 Å². The van der Waals surface area contributed by atoms with Crippen LogP contribution in [0.2, 0.25) is 0 Å². The molecule has 1 N–H and O–H groups in total. The van der Waals surface area contributed by atoms with Crippen LogP contribution in [0.25, 0.3) is 10.9 Å². The molecule has 6 nitrogen and oxygen atoms in total. The molecule has 6 heteroatoms.